The number of phenolic OH excluding ortho intramolecular Hbond substituents is 1. The van der Waals surface area contributed by atoms with E-state index in [0.29, 0.717) is 29.0 Å². The fraction of sp³-hybridized carbons (Fsp3) is 0.333. The zero-order chi connectivity index (χ0) is 17.9. The van der Waals surface area contributed by atoms with Crippen LogP contribution < -0.4 is 10.6 Å². The Morgan fingerprint density at radius 3 is 2.92 bits per heavy atom. The number of thiophene rings is 1. The summed E-state index contributed by atoms with van der Waals surface area (Å²) in [5, 5.41) is 18.4. The molecule has 3 heterocycles. The van der Waals surface area contributed by atoms with Crippen LogP contribution in [0.5, 0.6) is 5.75 Å². The van der Waals surface area contributed by atoms with E-state index in [1.807, 2.05) is 17.5 Å². The van der Waals surface area contributed by atoms with Crippen LogP contribution in [0.4, 0.5) is 0 Å². The van der Waals surface area contributed by atoms with Crippen LogP contribution in [0.25, 0.3) is 21.7 Å². The van der Waals surface area contributed by atoms with E-state index < -0.39 is 0 Å². The van der Waals surface area contributed by atoms with Gasteiger partial charge in [-0.2, -0.15) is 0 Å². The molecule has 1 aliphatic heterocycles. The number of fused-ring (bicyclic) bond motifs is 1. The number of nitrogens with zero attached hydrogens (tertiary/aromatic N) is 2. The predicted octanol–water partition coefficient (Wildman–Crippen LogP) is 1.63. The molecule has 26 heavy (non-hydrogen) atoms. The molecular weight excluding hydrogens is 350 g/mol. The fourth-order valence-corrected chi connectivity index (χ4v) is 3.82. The molecule has 1 aromatic carbocycles. The average molecular weight is 371 g/mol. The Morgan fingerprint density at radius 2 is 2.15 bits per heavy atom. The Morgan fingerprint density at radius 1 is 1.31 bits per heavy atom. The fourth-order valence-electron chi connectivity index (χ4n) is 3.15. The third kappa shape index (κ3) is 3.44. The van der Waals surface area contributed by atoms with Gasteiger partial charge in [-0.3, -0.25) is 9.69 Å². The molecule has 0 unspecified atom stereocenters. The molecule has 0 atom stereocenters. The number of rotatable bonds is 5. The van der Waals surface area contributed by atoms with E-state index in [1.54, 1.807) is 17.4 Å². The summed E-state index contributed by atoms with van der Waals surface area (Å²) in [6.45, 7) is 5.40. The van der Waals surface area contributed by atoms with Gasteiger partial charge in [-0.1, -0.05) is 6.07 Å². The van der Waals surface area contributed by atoms with E-state index in [9.17, 15) is 9.90 Å². The van der Waals surface area contributed by atoms with Crippen molar-refractivity contribution in [1.29, 1.82) is 0 Å². The average Bonchev–Trinajstić information content (AvgIpc) is 3.33. The monoisotopic (exact) mass is 371 g/mol. The van der Waals surface area contributed by atoms with Crippen LogP contribution in [0.1, 0.15) is 10.4 Å². The largest absolute Gasteiger partial charge is 0.506 e. The number of benzene rings is 1. The highest BCUT2D eigenvalue weighted by Gasteiger charge is 2.18. The lowest BCUT2D eigenvalue weighted by atomic mass is 10.1. The number of piperazine rings is 1. The molecule has 1 aliphatic rings. The van der Waals surface area contributed by atoms with Crippen LogP contribution in [0.15, 0.2) is 29.6 Å². The zero-order valence-corrected chi connectivity index (χ0v) is 15.1. The second kappa shape index (κ2) is 7.45. The summed E-state index contributed by atoms with van der Waals surface area (Å²) in [5.41, 5.74) is 1.45. The number of aromatic hydroxyl groups is 1. The normalized spacial score (nSPS) is 15.4. The molecule has 7 nitrogen and oxygen atoms in total. The number of amides is 1. The molecule has 4 N–H and O–H groups in total. The standard InChI is InChI=1S/C18H21N5O2S/c24-13-4-3-12(18(25)20-7-10-23-8-5-19-6-9-23)15-16(13)22-17(21-15)14-2-1-11-26-14/h1-4,11,19,24H,5-10H2,(H,20,25)(H,21,22). The number of imidazole rings is 1. The van der Waals surface area contributed by atoms with E-state index in [-0.39, 0.29) is 11.7 Å². The number of hydrogen-bond acceptors (Lipinski definition) is 6. The summed E-state index contributed by atoms with van der Waals surface area (Å²) in [6, 6.07) is 7.05. The van der Waals surface area contributed by atoms with E-state index >= 15 is 0 Å². The van der Waals surface area contributed by atoms with Gasteiger partial charge in [-0.25, -0.2) is 4.98 Å². The second-order valence-corrected chi connectivity index (χ2v) is 7.21. The van der Waals surface area contributed by atoms with Crippen LogP contribution in [-0.4, -0.2) is 65.2 Å². The molecule has 2 aromatic heterocycles. The number of phenols is 1. The Kier molecular flexibility index (Phi) is 4.87. The summed E-state index contributed by atoms with van der Waals surface area (Å²) in [4.78, 5) is 23.6. The Balaban J connectivity index is 1.51. The Hall–Kier alpha value is -2.42. The van der Waals surface area contributed by atoms with Crippen molar-refractivity contribution in [3.05, 3.63) is 35.2 Å². The van der Waals surface area contributed by atoms with E-state index in [2.05, 4.69) is 25.5 Å². The number of nitrogens with one attached hydrogen (secondary N) is 3. The third-order valence-corrected chi connectivity index (χ3v) is 5.42. The molecule has 0 aliphatic carbocycles. The molecule has 4 rings (SSSR count). The van der Waals surface area contributed by atoms with Crippen molar-refractivity contribution in [3.63, 3.8) is 0 Å². The first kappa shape index (κ1) is 17.0. The maximum Gasteiger partial charge on any atom is 0.253 e. The van der Waals surface area contributed by atoms with Crippen LogP contribution >= 0.6 is 11.3 Å². The number of aromatic nitrogens is 2. The van der Waals surface area contributed by atoms with Crippen molar-refractivity contribution in [2.24, 2.45) is 0 Å². The molecule has 1 amide bonds. The van der Waals surface area contributed by atoms with Gasteiger partial charge in [0.1, 0.15) is 22.6 Å². The second-order valence-electron chi connectivity index (χ2n) is 6.27. The summed E-state index contributed by atoms with van der Waals surface area (Å²) in [7, 11) is 0. The van der Waals surface area contributed by atoms with E-state index in [1.165, 1.54) is 6.07 Å². The maximum atomic E-state index is 12.6. The topological polar surface area (TPSA) is 93.3 Å². The van der Waals surface area contributed by atoms with Crippen LogP contribution in [0.2, 0.25) is 0 Å². The van der Waals surface area contributed by atoms with Gasteiger partial charge in [0.2, 0.25) is 0 Å². The molecule has 1 fully saturated rings. The quantitative estimate of drug-likeness (QED) is 0.547. The lowest BCUT2D eigenvalue weighted by molar-refractivity contribution is 0.0949. The third-order valence-electron chi connectivity index (χ3n) is 4.55. The Labute approximate surface area is 155 Å². The van der Waals surface area contributed by atoms with E-state index in [0.717, 1.165) is 37.6 Å². The summed E-state index contributed by atoms with van der Waals surface area (Å²) in [6.07, 6.45) is 0. The summed E-state index contributed by atoms with van der Waals surface area (Å²) in [5.74, 6) is 0.577. The van der Waals surface area contributed by atoms with Crippen molar-refractivity contribution < 1.29 is 9.90 Å². The number of aromatic amines is 1. The van der Waals surface area contributed by atoms with Gasteiger partial charge in [0, 0.05) is 39.3 Å². The highest BCUT2D eigenvalue weighted by Crippen LogP contribution is 2.30. The smallest absolute Gasteiger partial charge is 0.253 e. The van der Waals surface area contributed by atoms with Gasteiger partial charge in [-0.15, -0.1) is 11.3 Å². The van der Waals surface area contributed by atoms with Crippen LogP contribution in [-0.2, 0) is 0 Å². The van der Waals surface area contributed by atoms with E-state index in [4.69, 9.17) is 0 Å². The molecule has 1 saturated heterocycles. The maximum absolute atomic E-state index is 12.6. The summed E-state index contributed by atoms with van der Waals surface area (Å²) < 4.78 is 0. The number of H-pyrrole nitrogens is 1. The van der Waals surface area contributed by atoms with Crippen molar-refractivity contribution in [2.45, 2.75) is 0 Å². The van der Waals surface area contributed by atoms with Crippen molar-refractivity contribution in [3.8, 4) is 16.5 Å². The van der Waals surface area contributed by atoms with Crippen molar-refractivity contribution in [2.75, 3.05) is 39.3 Å². The molecule has 0 radical (unpaired) electrons. The molecule has 3 aromatic rings. The number of hydrogen-bond donors (Lipinski definition) is 4. The van der Waals surface area contributed by atoms with Gasteiger partial charge in [0.05, 0.1) is 10.4 Å². The Bertz CT molecular complexity index is 900. The molecule has 136 valence electrons. The minimum Gasteiger partial charge on any atom is -0.506 e. The van der Waals surface area contributed by atoms with Gasteiger partial charge in [-0.05, 0) is 23.6 Å². The lowest BCUT2D eigenvalue weighted by Crippen LogP contribution is -2.46. The number of carbonyl (C=O) groups excluding carboxylic acids is 1. The van der Waals surface area contributed by atoms with Crippen molar-refractivity contribution >= 4 is 28.3 Å². The van der Waals surface area contributed by atoms with Gasteiger partial charge in [0.25, 0.3) is 5.91 Å². The zero-order valence-electron chi connectivity index (χ0n) is 14.3. The predicted molar refractivity (Wildman–Crippen MR) is 103 cm³/mol. The van der Waals surface area contributed by atoms with Gasteiger partial charge >= 0.3 is 0 Å². The number of carbonyl (C=O) groups is 1. The molecule has 0 saturated carbocycles. The summed E-state index contributed by atoms with van der Waals surface area (Å²) >= 11 is 1.55. The first-order valence-corrected chi connectivity index (χ1v) is 9.57. The minimum atomic E-state index is -0.172. The molecular formula is C18H21N5O2S. The molecule has 0 bridgehead atoms. The SMILES string of the molecule is O=C(NCCN1CCNCC1)c1ccc(O)c2[nH]c(-c3cccs3)nc12. The first-order chi connectivity index (χ1) is 12.7. The minimum absolute atomic E-state index is 0.0904. The van der Waals surface area contributed by atoms with Crippen molar-refractivity contribution in [1.82, 2.24) is 25.5 Å². The highest BCUT2D eigenvalue weighted by molar-refractivity contribution is 7.13. The van der Waals surface area contributed by atoms with Gasteiger partial charge in [0.15, 0.2) is 0 Å². The lowest BCUT2D eigenvalue weighted by Gasteiger charge is -2.27. The van der Waals surface area contributed by atoms with Crippen LogP contribution in [0, 0.1) is 0 Å². The highest BCUT2D eigenvalue weighted by atomic mass is 32.1. The first-order valence-electron chi connectivity index (χ1n) is 8.69. The molecule has 0 spiro atoms. The molecule has 8 heteroatoms. The van der Waals surface area contributed by atoms with Crippen LogP contribution in [0.3, 0.4) is 0 Å². The van der Waals surface area contributed by atoms with Gasteiger partial charge < -0.3 is 20.7 Å².